The molecule has 2 atom stereocenters. The molecule has 7 heteroatoms. The third-order valence-corrected chi connectivity index (χ3v) is 4.76. The van der Waals surface area contributed by atoms with Gasteiger partial charge in [-0.05, 0) is 33.7 Å². The molecule has 0 aromatic heterocycles. The number of rotatable bonds is 11. The molecule has 6 nitrogen and oxygen atoms in total. The zero-order chi connectivity index (χ0) is 17.8. The number of hydrogen-bond acceptors (Lipinski definition) is 4. The molecule has 1 aliphatic heterocycles. The van der Waals surface area contributed by atoms with E-state index < -0.39 is 0 Å². The molecule has 0 amide bonds. The summed E-state index contributed by atoms with van der Waals surface area (Å²) in [5.74, 6) is 1.64. The Labute approximate surface area is 171 Å². The smallest absolute Gasteiger partial charge is 0.193 e. The molecule has 25 heavy (non-hydrogen) atoms. The molecular formula is C18H39IN4O2. The Bertz CT molecular complexity index is 358. The Hall–Kier alpha value is -0.120. The Kier molecular flexibility index (Phi) is 14.9. The van der Waals surface area contributed by atoms with E-state index in [0.717, 1.165) is 45.3 Å². The number of ether oxygens (including phenoxy) is 2. The van der Waals surface area contributed by atoms with Crippen molar-refractivity contribution < 1.29 is 9.47 Å². The molecule has 0 radical (unpaired) electrons. The summed E-state index contributed by atoms with van der Waals surface area (Å²) in [6.45, 7) is 13.6. The summed E-state index contributed by atoms with van der Waals surface area (Å²) in [6, 6.07) is 0.614. The average molecular weight is 470 g/mol. The van der Waals surface area contributed by atoms with Gasteiger partial charge in [-0.1, -0.05) is 6.92 Å². The number of halogens is 1. The summed E-state index contributed by atoms with van der Waals surface area (Å²) < 4.78 is 10.7. The highest BCUT2D eigenvalue weighted by Gasteiger charge is 2.24. The first-order valence-electron chi connectivity index (χ1n) is 9.42. The van der Waals surface area contributed by atoms with Gasteiger partial charge in [-0.3, -0.25) is 4.99 Å². The lowest BCUT2D eigenvalue weighted by Crippen LogP contribution is -2.41. The topological polar surface area (TPSA) is 49.3 Å². The number of hydrogen-bond donors (Lipinski definition) is 1. The lowest BCUT2D eigenvalue weighted by Gasteiger charge is -2.24. The Balaban J connectivity index is 0.00000576. The highest BCUT2D eigenvalue weighted by molar-refractivity contribution is 14.0. The third-order valence-electron chi connectivity index (χ3n) is 4.76. The van der Waals surface area contributed by atoms with E-state index in [2.05, 4.69) is 42.9 Å². The largest absolute Gasteiger partial charge is 0.382 e. The molecule has 0 saturated carbocycles. The fourth-order valence-corrected chi connectivity index (χ4v) is 2.82. The second-order valence-electron chi connectivity index (χ2n) is 6.64. The van der Waals surface area contributed by atoms with Gasteiger partial charge in [-0.25, -0.2) is 0 Å². The van der Waals surface area contributed by atoms with E-state index in [-0.39, 0.29) is 24.0 Å². The number of aliphatic imine (C=N–C) groups is 1. The zero-order valence-electron chi connectivity index (χ0n) is 16.8. The van der Waals surface area contributed by atoms with Crippen molar-refractivity contribution in [1.82, 2.24) is 15.1 Å². The predicted molar refractivity (Wildman–Crippen MR) is 116 cm³/mol. The van der Waals surface area contributed by atoms with Crippen LogP contribution in [0.15, 0.2) is 4.99 Å². The molecule has 0 aliphatic carbocycles. The monoisotopic (exact) mass is 470 g/mol. The van der Waals surface area contributed by atoms with E-state index in [1.807, 2.05) is 0 Å². The van der Waals surface area contributed by atoms with Crippen molar-refractivity contribution >= 4 is 29.9 Å². The summed E-state index contributed by atoms with van der Waals surface area (Å²) in [7, 11) is 3.89. The van der Waals surface area contributed by atoms with E-state index in [1.54, 1.807) is 7.11 Å². The first kappa shape index (κ1) is 24.9. The minimum Gasteiger partial charge on any atom is -0.382 e. The van der Waals surface area contributed by atoms with Crippen LogP contribution < -0.4 is 5.32 Å². The van der Waals surface area contributed by atoms with Gasteiger partial charge in [0, 0.05) is 45.2 Å². The molecule has 2 unspecified atom stereocenters. The number of likely N-dealkylation sites (tertiary alicyclic amines) is 1. The Morgan fingerprint density at radius 3 is 2.76 bits per heavy atom. The number of methoxy groups -OCH3 is 1. The first-order chi connectivity index (χ1) is 11.6. The summed E-state index contributed by atoms with van der Waals surface area (Å²) in [5, 5.41) is 3.44. The van der Waals surface area contributed by atoms with Crippen LogP contribution in [0.1, 0.15) is 33.6 Å². The van der Waals surface area contributed by atoms with E-state index in [1.165, 1.54) is 12.8 Å². The molecule has 0 spiro atoms. The van der Waals surface area contributed by atoms with Gasteiger partial charge < -0.3 is 24.6 Å². The van der Waals surface area contributed by atoms with Crippen molar-refractivity contribution in [3.63, 3.8) is 0 Å². The molecule has 0 aromatic rings. The van der Waals surface area contributed by atoms with Crippen LogP contribution in [0.25, 0.3) is 0 Å². The third kappa shape index (κ3) is 9.96. The van der Waals surface area contributed by atoms with Gasteiger partial charge >= 0.3 is 0 Å². The number of guanidine groups is 1. The van der Waals surface area contributed by atoms with Crippen molar-refractivity contribution in [2.75, 3.05) is 66.7 Å². The summed E-state index contributed by atoms with van der Waals surface area (Å²) in [4.78, 5) is 9.58. The van der Waals surface area contributed by atoms with Crippen molar-refractivity contribution in [3.05, 3.63) is 0 Å². The maximum Gasteiger partial charge on any atom is 0.193 e. The van der Waals surface area contributed by atoms with Gasteiger partial charge in [0.05, 0.1) is 26.4 Å². The molecular weight excluding hydrogens is 431 g/mol. The van der Waals surface area contributed by atoms with Crippen LogP contribution >= 0.6 is 24.0 Å². The molecule has 1 rings (SSSR count). The standard InChI is InChI=1S/C18H38N4O2.HI/c1-6-16(3)21(4)11-9-20-18(19-7-2)22-10-8-17(14-22)15-24-13-12-23-5;/h16-17H,6-15H2,1-5H3,(H,19,20);1H. The van der Waals surface area contributed by atoms with Gasteiger partial charge in [-0.15, -0.1) is 24.0 Å². The van der Waals surface area contributed by atoms with Crippen molar-refractivity contribution in [3.8, 4) is 0 Å². The summed E-state index contributed by atoms with van der Waals surface area (Å²) in [6.07, 6.45) is 2.35. The normalized spacial score (nSPS) is 19.2. The van der Waals surface area contributed by atoms with Crippen LogP contribution in [0.2, 0.25) is 0 Å². The quantitative estimate of drug-likeness (QED) is 0.217. The van der Waals surface area contributed by atoms with Crippen LogP contribution in [0.5, 0.6) is 0 Å². The van der Waals surface area contributed by atoms with Crippen LogP contribution in [0.3, 0.4) is 0 Å². The second kappa shape index (κ2) is 15.0. The Morgan fingerprint density at radius 2 is 2.12 bits per heavy atom. The van der Waals surface area contributed by atoms with Crippen LogP contribution in [0, 0.1) is 5.92 Å². The lowest BCUT2D eigenvalue weighted by molar-refractivity contribution is 0.0536. The van der Waals surface area contributed by atoms with Gasteiger partial charge in [0.15, 0.2) is 5.96 Å². The minimum atomic E-state index is 0. The average Bonchev–Trinajstić information content (AvgIpc) is 3.05. The molecule has 1 fully saturated rings. The maximum absolute atomic E-state index is 5.68. The second-order valence-corrected chi connectivity index (χ2v) is 6.64. The van der Waals surface area contributed by atoms with E-state index >= 15 is 0 Å². The molecule has 150 valence electrons. The van der Waals surface area contributed by atoms with Gasteiger partial charge in [-0.2, -0.15) is 0 Å². The van der Waals surface area contributed by atoms with Crippen LogP contribution in [0.4, 0.5) is 0 Å². The number of nitrogens with zero attached hydrogens (tertiary/aromatic N) is 3. The molecule has 1 aliphatic rings. The molecule has 0 bridgehead atoms. The molecule has 1 saturated heterocycles. The molecule has 1 heterocycles. The SMILES string of the molecule is CCNC(=NCCN(C)C(C)CC)N1CCC(COCCOC)C1.I. The maximum atomic E-state index is 5.68. The molecule has 1 N–H and O–H groups in total. The summed E-state index contributed by atoms with van der Waals surface area (Å²) in [5.41, 5.74) is 0. The van der Waals surface area contributed by atoms with Crippen molar-refractivity contribution in [1.29, 1.82) is 0 Å². The van der Waals surface area contributed by atoms with Crippen LogP contribution in [-0.2, 0) is 9.47 Å². The van der Waals surface area contributed by atoms with Gasteiger partial charge in [0.1, 0.15) is 0 Å². The lowest BCUT2D eigenvalue weighted by atomic mass is 10.1. The summed E-state index contributed by atoms with van der Waals surface area (Å²) >= 11 is 0. The molecule has 0 aromatic carbocycles. The van der Waals surface area contributed by atoms with Gasteiger partial charge in [0.25, 0.3) is 0 Å². The predicted octanol–water partition coefficient (Wildman–Crippen LogP) is 2.29. The Morgan fingerprint density at radius 1 is 1.36 bits per heavy atom. The highest BCUT2D eigenvalue weighted by Crippen LogP contribution is 2.16. The highest BCUT2D eigenvalue weighted by atomic mass is 127. The van der Waals surface area contributed by atoms with Gasteiger partial charge in [0.2, 0.25) is 0 Å². The van der Waals surface area contributed by atoms with E-state index in [4.69, 9.17) is 14.5 Å². The fraction of sp³-hybridized carbons (Fsp3) is 0.944. The van der Waals surface area contributed by atoms with Crippen molar-refractivity contribution in [2.45, 2.75) is 39.7 Å². The minimum absolute atomic E-state index is 0. The fourth-order valence-electron chi connectivity index (χ4n) is 2.82. The van der Waals surface area contributed by atoms with Crippen molar-refractivity contribution in [2.24, 2.45) is 10.9 Å². The van der Waals surface area contributed by atoms with E-state index in [0.29, 0.717) is 25.2 Å². The first-order valence-corrected chi connectivity index (χ1v) is 9.42. The number of likely N-dealkylation sites (N-methyl/N-ethyl adjacent to an activating group) is 1. The van der Waals surface area contributed by atoms with E-state index in [9.17, 15) is 0 Å². The van der Waals surface area contributed by atoms with Crippen LogP contribution in [-0.4, -0.2) is 88.5 Å². The zero-order valence-corrected chi connectivity index (χ0v) is 19.1. The number of nitrogens with one attached hydrogen (secondary N) is 1.